The van der Waals surface area contributed by atoms with Crippen molar-refractivity contribution in [3.8, 4) is 0 Å². The third-order valence-corrected chi connectivity index (χ3v) is 6.00. The minimum Gasteiger partial charge on any atom is -0.394 e. The van der Waals surface area contributed by atoms with Crippen LogP contribution in [0.5, 0.6) is 0 Å². The van der Waals surface area contributed by atoms with E-state index < -0.39 is 16.1 Å². The minimum atomic E-state index is -3.77. The summed E-state index contributed by atoms with van der Waals surface area (Å²) in [5.41, 5.74) is 1.03. The highest BCUT2D eigenvalue weighted by molar-refractivity contribution is 7.91. The number of sulfonamides is 1. The number of aliphatic hydroxyl groups is 1. The van der Waals surface area contributed by atoms with Gasteiger partial charge in [-0.3, -0.25) is 0 Å². The molecule has 2 N–H and O–H groups in total. The lowest BCUT2D eigenvalue weighted by Crippen LogP contribution is -2.30. The predicted octanol–water partition coefficient (Wildman–Crippen LogP) is 2.12. The van der Waals surface area contributed by atoms with Crippen molar-refractivity contribution in [2.24, 2.45) is 0 Å². The van der Waals surface area contributed by atoms with E-state index in [1.807, 2.05) is 6.07 Å². The van der Waals surface area contributed by atoms with Crippen molar-refractivity contribution in [2.45, 2.75) is 17.2 Å². The Hall–Kier alpha value is -0.990. The molecule has 8 heteroatoms. The van der Waals surface area contributed by atoms with Gasteiger partial charge in [0, 0.05) is 0 Å². The number of benzene rings is 1. The van der Waals surface area contributed by atoms with Gasteiger partial charge in [-0.2, -0.15) is 0 Å². The molecular weight excluding hydrogens is 320 g/mol. The van der Waals surface area contributed by atoms with Gasteiger partial charge in [-0.05, 0) is 12.5 Å². The number of aromatic nitrogens is 1. The molecule has 0 aliphatic heterocycles. The lowest BCUT2D eigenvalue weighted by Gasteiger charge is -2.16. The summed E-state index contributed by atoms with van der Waals surface area (Å²) >= 11 is 6.62. The maximum Gasteiger partial charge on any atom is 0.252 e. The van der Waals surface area contributed by atoms with E-state index in [0.717, 1.165) is 11.3 Å². The molecule has 20 heavy (non-hydrogen) atoms. The molecule has 108 valence electrons. The molecule has 1 unspecified atom stereocenters. The zero-order chi connectivity index (χ0) is 14.8. The SMILES string of the molecule is Cc1nc(Cl)sc1S(=O)(=O)NC(CO)c1ccccc1. The summed E-state index contributed by atoms with van der Waals surface area (Å²) in [6.07, 6.45) is 0. The monoisotopic (exact) mass is 332 g/mol. The van der Waals surface area contributed by atoms with Gasteiger partial charge in [-0.1, -0.05) is 53.3 Å². The quantitative estimate of drug-likeness (QED) is 0.879. The van der Waals surface area contributed by atoms with Crippen LogP contribution < -0.4 is 4.72 Å². The number of rotatable bonds is 5. The van der Waals surface area contributed by atoms with Crippen LogP contribution in [0.15, 0.2) is 34.5 Å². The van der Waals surface area contributed by atoms with E-state index in [1.165, 1.54) is 0 Å². The van der Waals surface area contributed by atoms with E-state index in [0.29, 0.717) is 11.3 Å². The highest BCUT2D eigenvalue weighted by Gasteiger charge is 2.25. The summed E-state index contributed by atoms with van der Waals surface area (Å²) in [6, 6.07) is 8.16. The lowest BCUT2D eigenvalue weighted by molar-refractivity contribution is 0.259. The number of thiazole rings is 1. The minimum absolute atomic E-state index is 0.0666. The Morgan fingerprint density at radius 1 is 1.40 bits per heavy atom. The number of nitrogens with one attached hydrogen (secondary N) is 1. The van der Waals surface area contributed by atoms with Gasteiger partial charge in [0.15, 0.2) is 8.68 Å². The molecule has 2 aromatic rings. The third kappa shape index (κ3) is 3.36. The van der Waals surface area contributed by atoms with Gasteiger partial charge in [-0.25, -0.2) is 18.1 Å². The first-order valence-electron chi connectivity index (χ1n) is 5.75. The van der Waals surface area contributed by atoms with Crippen molar-refractivity contribution in [3.05, 3.63) is 46.1 Å². The normalized spacial score (nSPS) is 13.3. The van der Waals surface area contributed by atoms with E-state index in [4.69, 9.17) is 11.6 Å². The molecule has 0 aliphatic carbocycles. The Bertz CT molecular complexity index is 686. The number of halogens is 1. The number of hydrogen-bond donors (Lipinski definition) is 2. The van der Waals surface area contributed by atoms with Crippen LogP contribution in [0.4, 0.5) is 0 Å². The van der Waals surface area contributed by atoms with Crippen LogP contribution in [0.25, 0.3) is 0 Å². The summed E-state index contributed by atoms with van der Waals surface area (Å²) in [5, 5.41) is 9.40. The standard InChI is InChI=1S/C12H13ClN2O3S2/c1-8-11(19-12(13)14-8)20(17,18)15-10(7-16)9-5-3-2-4-6-9/h2-6,10,15-16H,7H2,1H3. The highest BCUT2D eigenvalue weighted by Crippen LogP contribution is 2.28. The average Bonchev–Trinajstić information content (AvgIpc) is 2.77. The van der Waals surface area contributed by atoms with Gasteiger partial charge < -0.3 is 5.11 Å². The van der Waals surface area contributed by atoms with Gasteiger partial charge in [0.2, 0.25) is 0 Å². The van der Waals surface area contributed by atoms with Crippen LogP contribution in [0.1, 0.15) is 17.3 Å². The Kier molecular flexibility index (Phi) is 4.77. The fourth-order valence-electron chi connectivity index (χ4n) is 1.74. The Balaban J connectivity index is 2.29. The maximum absolute atomic E-state index is 12.3. The van der Waals surface area contributed by atoms with Gasteiger partial charge >= 0.3 is 0 Å². The number of aryl methyl sites for hydroxylation is 1. The van der Waals surface area contributed by atoms with Crippen LogP contribution in [0, 0.1) is 6.92 Å². The fourth-order valence-corrected chi connectivity index (χ4v) is 4.71. The van der Waals surface area contributed by atoms with Gasteiger partial charge in [-0.15, -0.1) is 0 Å². The van der Waals surface area contributed by atoms with Crippen LogP contribution in [0.3, 0.4) is 0 Å². The van der Waals surface area contributed by atoms with Gasteiger partial charge in [0.05, 0.1) is 18.3 Å². The zero-order valence-electron chi connectivity index (χ0n) is 10.6. The van der Waals surface area contributed by atoms with Gasteiger partial charge in [0.1, 0.15) is 0 Å². The number of aliphatic hydroxyl groups excluding tert-OH is 1. The van der Waals surface area contributed by atoms with Crippen LogP contribution in [-0.4, -0.2) is 25.1 Å². The molecule has 0 spiro atoms. The fraction of sp³-hybridized carbons (Fsp3) is 0.250. The van der Waals surface area contributed by atoms with E-state index in [9.17, 15) is 13.5 Å². The second kappa shape index (κ2) is 6.19. The van der Waals surface area contributed by atoms with Crippen LogP contribution in [0.2, 0.25) is 4.47 Å². The molecule has 0 bridgehead atoms. The van der Waals surface area contributed by atoms with E-state index >= 15 is 0 Å². The number of hydrogen-bond acceptors (Lipinski definition) is 5. The molecule has 1 aromatic heterocycles. The van der Waals surface area contributed by atoms with Crippen molar-refractivity contribution >= 4 is 33.0 Å². The molecule has 1 atom stereocenters. The van der Waals surface area contributed by atoms with E-state index in [2.05, 4.69) is 9.71 Å². The van der Waals surface area contributed by atoms with Crippen molar-refractivity contribution in [3.63, 3.8) is 0 Å². The molecule has 2 rings (SSSR count). The van der Waals surface area contributed by atoms with Crippen molar-refractivity contribution in [1.29, 1.82) is 0 Å². The largest absolute Gasteiger partial charge is 0.394 e. The second-order valence-electron chi connectivity index (χ2n) is 4.11. The first kappa shape index (κ1) is 15.4. The second-order valence-corrected chi connectivity index (χ2v) is 7.60. The Morgan fingerprint density at radius 2 is 2.05 bits per heavy atom. The summed E-state index contributed by atoms with van der Waals surface area (Å²) in [4.78, 5) is 3.89. The topological polar surface area (TPSA) is 79.3 Å². The summed E-state index contributed by atoms with van der Waals surface area (Å²) in [5.74, 6) is 0. The zero-order valence-corrected chi connectivity index (χ0v) is 13.0. The molecule has 1 aromatic carbocycles. The van der Waals surface area contributed by atoms with Crippen molar-refractivity contribution in [2.75, 3.05) is 6.61 Å². The molecular formula is C12H13ClN2O3S2. The molecule has 0 amide bonds. The molecule has 0 fully saturated rings. The molecule has 0 saturated heterocycles. The first-order chi connectivity index (χ1) is 9.44. The van der Waals surface area contributed by atoms with Crippen LogP contribution in [-0.2, 0) is 10.0 Å². The van der Waals surface area contributed by atoms with E-state index in [-0.39, 0.29) is 15.3 Å². The van der Waals surface area contributed by atoms with Crippen molar-refractivity contribution < 1.29 is 13.5 Å². The summed E-state index contributed by atoms with van der Waals surface area (Å²) < 4.78 is 27.3. The number of nitrogens with zero attached hydrogens (tertiary/aromatic N) is 1. The first-order valence-corrected chi connectivity index (χ1v) is 8.43. The molecule has 0 radical (unpaired) electrons. The van der Waals surface area contributed by atoms with Gasteiger partial charge in [0.25, 0.3) is 10.0 Å². The smallest absolute Gasteiger partial charge is 0.252 e. The molecule has 5 nitrogen and oxygen atoms in total. The van der Waals surface area contributed by atoms with Crippen molar-refractivity contribution in [1.82, 2.24) is 9.71 Å². The molecule has 0 aliphatic rings. The molecule has 0 saturated carbocycles. The van der Waals surface area contributed by atoms with Crippen LogP contribution >= 0.6 is 22.9 Å². The third-order valence-electron chi connectivity index (χ3n) is 2.65. The van der Waals surface area contributed by atoms with E-state index in [1.54, 1.807) is 31.2 Å². The molecule has 1 heterocycles. The Morgan fingerprint density at radius 3 is 2.55 bits per heavy atom. The predicted molar refractivity (Wildman–Crippen MR) is 78.5 cm³/mol. The average molecular weight is 333 g/mol. The summed E-state index contributed by atoms with van der Waals surface area (Å²) in [6.45, 7) is 1.24. The Labute approximate surface area is 126 Å². The highest BCUT2D eigenvalue weighted by atomic mass is 35.5. The lowest BCUT2D eigenvalue weighted by atomic mass is 10.1. The summed E-state index contributed by atoms with van der Waals surface area (Å²) in [7, 11) is -3.77. The maximum atomic E-state index is 12.3.